The molecule has 0 aliphatic carbocycles. The van der Waals surface area contributed by atoms with Crippen molar-refractivity contribution in [2.75, 3.05) is 26.6 Å². The summed E-state index contributed by atoms with van der Waals surface area (Å²) in [6.45, 7) is 0. The minimum absolute atomic E-state index is 0.0776. The summed E-state index contributed by atoms with van der Waals surface area (Å²) < 4.78 is 15.7. The van der Waals surface area contributed by atoms with Crippen LogP contribution in [0.5, 0.6) is 17.2 Å². The van der Waals surface area contributed by atoms with Gasteiger partial charge in [0.05, 0.1) is 21.3 Å². The van der Waals surface area contributed by atoms with Crippen molar-refractivity contribution in [3.63, 3.8) is 0 Å². The van der Waals surface area contributed by atoms with Crippen molar-refractivity contribution in [3.05, 3.63) is 48.0 Å². The maximum Gasteiger partial charge on any atom is 0.224 e. The van der Waals surface area contributed by atoms with Crippen LogP contribution in [0.4, 0.5) is 5.69 Å². The number of carbonyl (C=O) groups excluding carboxylic acids is 1. The second-order valence-corrected chi connectivity index (χ2v) is 4.96. The number of benzene rings is 2. The van der Waals surface area contributed by atoms with Gasteiger partial charge in [-0.25, -0.2) is 0 Å². The maximum atomic E-state index is 12.2. The van der Waals surface area contributed by atoms with Gasteiger partial charge in [-0.2, -0.15) is 0 Å². The molecule has 1 N–H and O–H groups in total. The molecular weight excluding hydrogens is 294 g/mol. The fourth-order valence-corrected chi connectivity index (χ4v) is 2.26. The highest BCUT2D eigenvalue weighted by atomic mass is 16.5. The number of nitrogens with one attached hydrogen (secondary N) is 1. The third-order valence-electron chi connectivity index (χ3n) is 3.45. The van der Waals surface area contributed by atoms with Gasteiger partial charge in [0.2, 0.25) is 5.91 Å². The Bertz CT molecular complexity index is 648. The Hall–Kier alpha value is -2.69. The maximum absolute atomic E-state index is 12.2. The van der Waals surface area contributed by atoms with Crippen LogP contribution < -0.4 is 19.5 Å². The second kappa shape index (κ2) is 8.08. The molecule has 2 aromatic carbocycles. The van der Waals surface area contributed by atoms with Crippen molar-refractivity contribution in [3.8, 4) is 17.2 Å². The van der Waals surface area contributed by atoms with E-state index in [1.807, 2.05) is 24.3 Å². The molecule has 0 aliphatic heterocycles. The lowest BCUT2D eigenvalue weighted by molar-refractivity contribution is -0.116. The highest BCUT2D eigenvalue weighted by Crippen LogP contribution is 2.26. The molecule has 2 aromatic rings. The van der Waals surface area contributed by atoms with Crippen LogP contribution in [0.1, 0.15) is 12.0 Å². The molecule has 0 bridgehead atoms. The van der Waals surface area contributed by atoms with E-state index in [1.54, 1.807) is 39.5 Å². The summed E-state index contributed by atoms with van der Waals surface area (Å²) in [4.78, 5) is 12.2. The van der Waals surface area contributed by atoms with Crippen LogP contribution in [-0.2, 0) is 11.2 Å². The fraction of sp³-hybridized carbons (Fsp3) is 0.278. The van der Waals surface area contributed by atoms with Gasteiger partial charge < -0.3 is 19.5 Å². The van der Waals surface area contributed by atoms with Crippen molar-refractivity contribution in [1.82, 2.24) is 0 Å². The van der Waals surface area contributed by atoms with E-state index in [1.165, 1.54) is 0 Å². The van der Waals surface area contributed by atoms with E-state index in [0.29, 0.717) is 30.0 Å². The van der Waals surface area contributed by atoms with Crippen molar-refractivity contribution in [2.45, 2.75) is 12.8 Å². The highest BCUT2D eigenvalue weighted by Gasteiger charge is 2.08. The van der Waals surface area contributed by atoms with Crippen LogP contribution in [0.25, 0.3) is 0 Å². The molecule has 0 fully saturated rings. The quantitative estimate of drug-likeness (QED) is 0.852. The Labute approximate surface area is 136 Å². The number of amides is 1. The molecule has 5 nitrogen and oxygen atoms in total. The van der Waals surface area contributed by atoms with Gasteiger partial charge in [0, 0.05) is 30.3 Å². The number of methoxy groups -OCH3 is 3. The number of hydrogen-bond acceptors (Lipinski definition) is 4. The molecule has 122 valence electrons. The minimum atomic E-state index is -0.0776. The van der Waals surface area contributed by atoms with Crippen LogP contribution in [0.15, 0.2) is 42.5 Å². The van der Waals surface area contributed by atoms with Crippen LogP contribution >= 0.6 is 0 Å². The zero-order valence-electron chi connectivity index (χ0n) is 13.6. The Balaban J connectivity index is 1.99. The number of anilines is 1. The molecule has 23 heavy (non-hydrogen) atoms. The minimum Gasteiger partial charge on any atom is -0.497 e. The fourth-order valence-electron chi connectivity index (χ4n) is 2.26. The van der Waals surface area contributed by atoms with Gasteiger partial charge in [-0.15, -0.1) is 0 Å². The predicted octanol–water partition coefficient (Wildman–Crippen LogP) is 3.28. The van der Waals surface area contributed by atoms with E-state index in [-0.39, 0.29) is 5.91 Å². The molecule has 0 radical (unpaired) electrons. The zero-order valence-corrected chi connectivity index (χ0v) is 13.6. The van der Waals surface area contributed by atoms with Crippen LogP contribution in [0.3, 0.4) is 0 Å². The number of carbonyl (C=O) groups is 1. The molecule has 0 aromatic heterocycles. The monoisotopic (exact) mass is 315 g/mol. The molecule has 1 amide bonds. The first-order valence-electron chi connectivity index (χ1n) is 7.31. The molecular formula is C18H21NO4. The number of rotatable bonds is 7. The normalized spacial score (nSPS) is 10.0. The van der Waals surface area contributed by atoms with E-state index in [2.05, 4.69) is 5.32 Å². The van der Waals surface area contributed by atoms with E-state index >= 15 is 0 Å². The molecule has 5 heteroatoms. The van der Waals surface area contributed by atoms with E-state index in [4.69, 9.17) is 14.2 Å². The molecule has 0 heterocycles. The largest absolute Gasteiger partial charge is 0.497 e. The Morgan fingerprint density at radius 2 is 1.61 bits per heavy atom. The van der Waals surface area contributed by atoms with Crippen molar-refractivity contribution < 1.29 is 19.0 Å². The Morgan fingerprint density at radius 3 is 2.22 bits per heavy atom. The SMILES string of the molecule is COc1cc(NC(=O)CCc2ccccc2OC)cc(OC)c1. The highest BCUT2D eigenvalue weighted by molar-refractivity contribution is 5.91. The summed E-state index contributed by atoms with van der Waals surface area (Å²) in [6, 6.07) is 13.0. The van der Waals surface area contributed by atoms with Crippen LogP contribution in [-0.4, -0.2) is 27.2 Å². The van der Waals surface area contributed by atoms with Crippen molar-refractivity contribution in [2.24, 2.45) is 0 Å². The van der Waals surface area contributed by atoms with E-state index in [9.17, 15) is 4.79 Å². The van der Waals surface area contributed by atoms with Gasteiger partial charge in [-0.05, 0) is 18.1 Å². The molecule has 0 aliphatic rings. The summed E-state index contributed by atoms with van der Waals surface area (Å²) in [5.74, 6) is 1.98. The van der Waals surface area contributed by atoms with E-state index < -0.39 is 0 Å². The van der Waals surface area contributed by atoms with Gasteiger partial charge >= 0.3 is 0 Å². The first-order valence-corrected chi connectivity index (χ1v) is 7.31. The molecule has 0 spiro atoms. The van der Waals surface area contributed by atoms with Crippen LogP contribution in [0, 0.1) is 0 Å². The predicted molar refractivity (Wildman–Crippen MR) is 89.5 cm³/mol. The standard InChI is InChI=1S/C18H21NO4/c1-21-15-10-14(11-16(12-15)22-2)19-18(20)9-8-13-6-4-5-7-17(13)23-3/h4-7,10-12H,8-9H2,1-3H3,(H,19,20). The van der Waals surface area contributed by atoms with Gasteiger partial charge in [0.1, 0.15) is 17.2 Å². The summed E-state index contributed by atoms with van der Waals surface area (Å²) in [5, 5.41) is 2.86. The van der Waals surface area contributed by atoms with Crippen molar-refractivity contribution >= 4 is 11.6 Å². The van der Waals surface area contributed by atoms with Gasteiger partial charge in [0.25, 0.3) is 0 Å². The Kier molecular flexibility index (Phi) is 5.86. The zero-order chi connectivity index (χ0) is 16.7. The van der Waals surface area contributed by atoms with Crippen molar-refractivity contribution in [1.29, 1.82) is 0 Å². The van der Waals surface area contributed by atoms with E-state index in [0.717, 1.165) is 11.3 Å². The average Bonchev–Trinajstić information content (AvgIpc) is 2.59. The van der Waals surface area contributed by atoms with Gasteiger partial charge in [-0.1, -0.05) is 18.2 Å². The first kappa shape index (κ1) is 16.7. The lowest BCUT2D eigenvalue weighted by atomic mass is 10.1. The lowest BCUT2D eigenvalue weighted by Crippen LogP contribution is -2.12. The summed E-state index contributed by atoms with van der Waals surface area (Å²) in [7, 11) is 4.77. The van der Waals surface area contributed by atoms with Gasteiger partial charge in [0.15, 0.2) is 0 Å². The molecule has 0 unspecified atom stereocenters. The number of hydrogen-bond donors (Lipinski definition) is 1. The van der Waals surface area contributed by atoms with Crippen LogP contribution in [0.2, 0.25) is 0 Å². The molecule has 0 saturated heterocycles. The summed E-state index contributed by atoms with van der Waals surface area (Å²) >= 11 is 0. The smallest absolute Gasteiger partial charge is 0.224 e. The molecule has 0 atom stereocenters. The second-order valence-electron chi connectivity index (χ2n) is 4.96. The summed E-state index contributed by atoms with van der Waals surface area (Å²) in [5.41, 5.74) is 1.65. The third-order valence-corrected chi connectivity index (χ3v) is 3.45. The number of aryl methyl sites for hydroxylation is 1. The number of ether oxygens (including phenoxy) is 3. The topological polar surface area (TPSA) is 56.8 Å². The number of para-hydroxylation sites is 1. The average molecular weight is 315 g/mol. The lowest BCUT2D eigenvalue weighted by Gasteiger charge is -2.11. The summed E-state index contributed by atoms with van der Waals surface area (Å²) in [6.07, 6.45) is 0.969. The first-order chi connectivity index (χ1) is 11.2. The third kappa shape index (κ3) is 4.64. The Morgan fingerprint density at radius 1 is 0.957 bits per heavy atom. The molecule has 0 saturated carbocycles. The van der Waals surface area contributed by atoms with Gasteiger partial charge in [-0.3, -0.25) is 4.79 Å². The molecule has 2 rings (SSSR count).